The number of hydrogen-bond donors (Lipinski definition) is 1. The van der Waals surface area contributed by atoms with Crippen LogP contribution in [0, 0.1) is 0 Å². The van der Waals surface area contributed by atoms with Gasteiger partial charge in [0.1, 0.15) is 5.69 Å². The second-order valence-electron chi connectivity index (χ2n) is 5.49. The summed E-state index contributed by atoms with van der Waals surface area (Å²) >= 11 is 0. The Morgan fingerprint density at radius 1 is 1.48 bits per heavy atom. The summed E-state index contributed by atoms with van der Waals surface area (Å²) in [5.74, 6) is 0.356. The zero-order valence-corrected chi connectivity index (χ0v) is 14.1. The van der Waals surface area contributed by atoms with Gasteiger partial charge in [-0.1, -0.05) is 19.0 Å². The highest BCUT2D eigenvalue weighted by molar-refractivity contribution is 6.05. The van der Waals surface area contributed by atoms with Crippen molar-refractivity contribution in [3.8, 4) is 5.88 Å². The Bertz CT molecular complexity index is 682. The first-order valence-corrected chi connectivity index (χ1v) is 7.46. The summed E-state index contributed by atoms with van der Waals surface area (Å²) in [6, 6.07) is 3.46. The van der Waals surface area contributed by atoms with Gasteiger partial charge in [-0.2, -0.15) is 0 Å². The molecule has 0 spiro atoms. The maximum Gasteiger partial charge on any atom is 0.294 e. The van der Waals surface area contributed by atoms with Crippen molar-refractivity contribution in [2.75, 3.05) is 31.4 Å². The number of anilines is 2. The molecule has 1 amide bonds. The number of pyridine rings is 1. The van der Waals surface area contributed by atoms with E-state index in [9.17, 15) is 4.79 Å². The lowest BCUT2D eigenvalue weighted by atomic mass is 10.1. The summed E-state index contributed by atoms with van der Waals surface area (Å²) < 4.78 is 10.4. The van der Waals surface area contributed by atoms with Crippen molar-refractivity contribution in [2.24, 2.45) is 0 Å². The van der Waals surface area contributed by atoms with E-state index >= 15 is 0 Å². The van der Waals surface area contributed by atoms with Gasteiger partial charge in [-0.3, -0.25) is 4.79 Å². The minimum atomic E-state index is -0.388. The molecule has 2 rings (SSSR count). The lowest BCUT2D eigenvalue weighted by molar-refractivity contribution is 0.0987. The molecule has 0 bridgehead atoms. The average molecular weight is 318 g/mol. The van der Waals surface area contributed by atoms with Gasteiger partial charge >= 0.3 is 0 Å². The van der Waals surface area contributed by atoms with Gasteiger partial charge in [0.05, 0.1) is 18.5 Å². The predicted octanol–water partition coefficient (Wildman–Crippen LogP) is 2.91. The SMILES string of the molecule is CCC(C)c1cc(C(=O)Nc2c(N(C)C)ccnc2OC)on1. The van der Waals surface area contributed by atoms with Gasteiger partial charge < -0.3 is 19.5 Å². The maximum absolute atomic E-state index is 12.4. The molecule has 2 aromatic heterocycles. The number of rotatable bonds is 6. The Labute approximate surface area is 135 Å². The van der Waals surface area contributed by atoms with Crippen LogP contribution < -0.4 is 15.0 Å². The number of carbonyl (C=O) groups is 1. The van der Waals surface area contributed by atoms with Crippen LogP contribution in [0.25, 0.3) is 0 Å². The Kier molecular flexibility index (Phi) is 5.20. The first kappa shape index (κ1) is 16.8. The van der Waals surface area contributed by atoms with Gasteiger partial charge in [0.2, 0.25) is 11.6 Å². The third-order valence-corrected chi connectivity index (χ3v) is 3.68. The molecule has 0 aliphatic rings. The molecule has 0 aromatic carbocycles. The molecule has 7 heteroatoms. The number of methoxy groups -OCH3 is 1. The number of nitrogens with zero attached hydrogens (tertiary/aromatic N) is 3. The first-order valence-electron chi connectivity index (χ1n) is 7.46. The van der Waals surface area contributed by atoms with Crippen molar-refractivity contribution in [1.29, 1.82) is 0 Å². The molecule has 7 nitrogen and oxygen atoms in total. The molecule has 0 fully saturated rings. The van der Waals surface area contributed by atoms with Gasteiger partial charge in [0.25, 0.3) is 5.91 Å². The van der Waals surface area contributed by atoms with E-state index < -0.39 is 0 Å². The molecule has 0 saturated heterocycles. The van der Waals surface area contributed by atoms with Crippen LogP contribution in [0.2, 0.25) is 0 Å². The third-order valence-electron chi connectivity index (χ3n) is 3.68. The van der Waals surface area contributed by atoms with E-state index in [2.05, 4.69) is 22.4 Å². The van der Waals surface area contributed by atoms with Crippen LogP contribution in [0.4, 0.5) is 11.4 Å². The topological polar surface area (TPSA) is 80.5 Å². The van der Waals surface area contributed by atoms with Crippen LogP contribution in [0.5, 0.6) is 5.88 Å². The Morgan fingerprint density at radius 2 is 2.22 bits per heavy atom. The van der Waals surface area contributed by atoms with E-state index in [4.69, 9.17) is 9.26 Å². The van der Waals surface area contributed by atoms with Gasteiger partial charge in [0.15, 0.2) is 0 Å². The van der Waals surface area contributed by atoms with Crippen molar-refractivity contribution >= 4 is 17.3 Å². The number of ether oxygens (including phenoxy) is 1. The molecule has 1 N–H and O–H groups in total. The third kappa shape index (κ3) is 3.61. The van der Waals surface area contributed by atoms with Crippen LogP contribution in [-0.4, -0.2) is 37.3 Å². The quantitative estimate of drug-likeness (QED) is 0.882. The summed E-state index contributed by atoms with van der Waals surface area (Å²) in [5.41, 5.74) is 2.04. The fourth-order valence-electron chi connectivity index (χ4n) is 2.09. The van der Waals surface area contributed by atoms with E-state index in [1.807, 2.05) is 25.9 Å². The monoisotopic (exact) mass is 318 g/mol. The van der Waals surface area contributed by atoms with E-state index in [0.29, 0.717) is 11.6 Å². The maximum atomic E-state index is 12.4. The van der Waals surface area contributed by atoms with Crippen molar-refractivity contribution in [1.82, 2.24) is 10.1 Å². The fourth-order valence-corrected chi connectivity index (χ4v) is 2.09. The molecule has 0 aliphatic carbocycles. The average Bonchev–Trinajstić information content (AvgIpc) is 3.04. The standard InChI is InChI=1S/C16H22N4O3/c1-6-10(2)11-9-13(23-19-11)15(21)18-14-12(20(3)4)7-8-17-16(14)22-5/h7-10H,6H2,1-5H3,(H,18,21). The van der Waals surface area contributed by atoms with Crippen molar-refractivity contribution in [2.45, 2.75) is 26.2 Å². The summed E-state index contributed by atoms with van der Waals surface area (Å²) in [5, 5.41) is 6.75. The smallest absolute Gasteiger partial charge is 0.294 e. The van der Waals surface area contributed by atoms with Crippen LogP contribution >= 0.6 is 0 Å². The van der Waals surface area contributed by atoms with Crippen molar-refractivity contribution in [3.05, 3.63) is 29.8 Å². The molecule has 23 heavy (non-hydrogen) atoms. The number of nitrogens with one attached hydrogen (secondary N) is 1. The van der Waals surface area contributed by atoms with Gasteiger partial charge in [0, 0.05) is 32.3 Å². The Hall–Kier alpha value is -2.57. The fraction of sp³-hybridized carbons (Fsp3) is 0.438. The molecule has 124 valence electrons. The minimum absolute atomic E-state index is 0.163. The van der Waals surface area contributed by atoms with Gasteiger partial charge in [-0.25, -0.2) is 4.98 Å². The summed E-state index contributed by atoms with van der Waals surface area (Å²) in [6.07, 6.45) is 2.55. The zero-order chi connectivity index (χ0) is 17.0. The van der Waals surface area contributed by atoms with Crippen LogP contribution in [0.3, 0.4) is 0 Å². The van der Waals surface area contributed by atoms with E-state index in [-0.39, 0.29) is 17.6 Å². The lowest BCUT2D eigenvalue weighted by Crippen LogP contribution is -2.17. The first-order chi connectivity index (χ1) is 11.0. The van der Waals surface area contributed by atoms with Crippen molar-refractivity contribution in [3.63, 3.8) is 0 Å². The predicted molar refractivity (Wildman–Crippen MR) is 88.3 cm³/mol. The van der Waals surface area contributed by atoms with Crippen LogP contribution in [-0.2, 0) is 0 Å². The molecule has 2 aromatic rings. The van der Waals surface area contributed by atoms with E-state index in [1.54, 1.807) is 18.3 Å². The Balaban J connectivity index is 2.28. The highest BCUT2D eigenvalue weighted by Crippen LogP contribution is 2.32. The summed E-state index contributed by atoms with van der Waals surface area (Å²) in [6.45, 7) is 4.09. The van der Waals surface area contributed by atoms with Gasteiger partial charge in [-0.15, -0.1) is 0 Å². The molecular formula is C16H22N4O3. The molecule has 2 heterocycles. The number of carbonyl (C=O) groups excluding carboxylic acids is 1. The molecular weight excluding hydrogens is 296 g/mol. The number of aromatic nitrogens is 2. The second kappa shape index (κ2) is 7.13. The highest BCUT2D eigenvalue weighted by atomic mass is 16.5. The van der Waals surface area contributed by atoms with E-state index in [0.717, 1.165) is 17.8 Å². The number of amides is 1. The molecule has 1 unspecified atom stereocenters. The summed E-state index contributed by atoms with van der Waals surface area (Å²) in [4.78, 5) is 18.4. The van der Waals surface area contributed by atoms with E-state index in [1.165, 1.54) is 7.11 Å². The molecule has 0 aliphatic heterocycles. The largest absolute Gasteiger partial charge is 0.479 e. The second-order valence-corrected chi connectivity index (χ2v) is 5.49. The van der Waals surface area contributed by atoms with Crippen LogP contribution in [0.1, 0.15) is 42.4 Å². The normalized spacial score (nSPS) is 11.9. The lowest BCUT2D eigenvalue weighted by Gasteiger charge is -2.18. The summed E-state index contributed by atoms with van der Waals surface area (Å²) in [7, 11) is 5.26. The van der Waals surface area contributed by atoms with Gasteiger partial charge in [-0.05, 0) is 12.5 Å². The Morgan fingerprint density at radius 3 is 2.83 bits per heavy atom. The molecule has 1 atom stereocenters. The zero-order valence-electron chi connectivity index (χ0n) is 14.1. The highest BCUT2D eigenvalue weighted by Gasteiger charge is 2.20. The minimum Gasteiger partial charge on any atom is -0.479 e. The van der Waals surface area contributed by atoms with Crippen LogP contribution in [0.15, 0.2) is 22.9 Å². The molecule has 0 radical (unpaired) electrons. The van der Waals surface area contributed by atoms with Crippen molar-refractivity contribution < 1.29 is 14.1 Å². The molecule has 0 saturated carbocycles. The number of hydrogen-bond acceptors (Lipinski definition) is 6.